The molecule has 104 valence electrons. The van der Waals surface area contributed by atoms with Gasteiger partial charge in [-0.05, 0) is 43.7 Å². The maximum Gasteiger partial charge on any atom is 0.257 e. The van der Waals surface area contributed by atoms with E-state index >= 15 is 0 Å². The van der Waals surface area contributed by atoms with Gasteiger partial charge in [0.15, 0.2) is 0 Å². The monoisotopic (exact) mass is 273 g/mol. The number of rotatable bonds is 4. The van der Waals surface area contributed by atoms with Crippen LogP contribution < -0.4 is 10.6 Å². The van der Waals surface area contributed by atoms with E-state index in [2.05, 4.69) is 15.6 Å². The number of aryl methyl sites for hydroxylation is 1. The van der Waals surface area contributed by atoms with Crippen molar-refractivity contribution in [2.24, 2.45) is 0 Å². The van der Waals surface area contributed by atoms with Crippen LogP contribution in [-0.2, 0) is 0 Å². The number of anilines is 2. The van der Waals surface area contributed by atoms with E-state index in [0.29, 0.717) is 11.4 Å². The molecule has 0 aliphatic rings. The van der Waals surface area contributed by atoms with Gasteiger partial charge in [0, 0.05) is 12.7 Å². The van der Waals surface area contributed by atoms with Crippen molar-refractivity contribution in [1.29, 1.82) is 0 Å². The summed E-state index contributed by atoms with van der Waals surface area (Å²) in [7, 11) is 0. The van der Waals surface area contributed by atoms with Gasteiger partial charge < -0.3 is 10.6 Å². The van der Waals surface area contributed by atoms with Gasteiger partial charge in [0.25, 0.3) is 5.91 Å². The first-order valence-electron chi connectivity index (χ1n) is 6.37. The van der Waals surface area contributed by atoms with E-state index in [1.165, 1.54) is 12.3 Å². The van der Waals surface area contributed by atoms with E-state index in [4.69, 9.17) is 0 Å². The maximum atomic E-state index is 13.6. The summed E-state index contributed by atoms with van der Waals surface area (Å²) < 4.78 is 13.6. The zero-order valence-electron chi connectivity index (χ0n) is 11.4. The Bertz CT molecular complexity index is 611. The summed E-state index contributed by atoms with van der Waals surface area (Å²) >= 11 is 0. The minimum Gasteiger partial charge on any atom is -0.370 e. The fourth-order valence-corrected chi connectivity index (χ4v) is 1.74. The molecule has 1 amide bonds. The average molecular weight is 273 g/mol. The van der Waals surface area contributed by atoms with Crippen molar-refractivity contribution in [3.8, 4) is 0 Å². The van der Waals surface area contributed by atoms with Gasteiger partial charge in [-0.2, -0.15) is 0 Å². The predicted molar refractivity (Wildman–Crippen MR) is 77.5 cm³/mol. The molecule has 0 aliphatic heterocycles. The first-order chi connectivity index (χ1) is 9.60. The minimum absolute atomic E-state index is 0.172. The van der Waals surface area contributed by atoms with Crippen molar-refractivity contribution in [2.45, 2.75) is 13.8 Å². The molecule has 0 bridgehead atoms. The number of carbonyl (C=O) groups is 1. The van der Waals surface area contributed by atoms with Gasteiger partial charge in [-0.15, -0.1) is 0 Å². The van der Waals surface area contributed by atoms with E-state index in [9.17, 15) is 9.18 Å². The molecule has 0 aliphatic carbocycles. The first-order valence-corrected chi connectivity index (χ1v) is 6.37. The number of aromatic nitrogens is 1. The number of benzene rings is 1. The summed E-state index contributed by atoms with van der Waals surface area (Å²) in [4.78, 5) is 16.1. The standard InChI is InChI=1S/C15H16FN3O/c1-3-17-14-7-5-11(9-18-14)15(20)19-13-8-10(2)4-6-12(13)16/h4-9H,3H2,1-2H3,(H,17,18)(H,19,20). The molecule has 0 saturated carbocycles. The van der Waals surface area contributed by atoms with Gasteiger partial charge in [-0.1, -0.05) is 6.07 Å². The normalized spacial score (nSPS) is 10.2. The number of pyridine rings is 1. The zero-order valence-corrected chi connectivity index (χ0v) is 11.4. The van der Waals surface area contributed by atoms with Crippen LogP contribution in [0.3, 0.4) is 0 Å². The third-order valence-electron chi connectivity index (χ3n) is 2.75. The maximum absolute atomic E-state index is 13.6. The van der Waals surface area contributed by atoms with E-state index < -0.39 is 5.82 Å². The fraction of sp³-hybridized carbons (Fsp3) is 0.200. The second kappa shape index (κ2) is 6.14. The number of nitrogens with zero attached hydrogens (tertiary/aromatic N) is 1. The number of carbonyl (C=O) groups excluding carboxylic acids is 1. The van der Waals surface area contributed by atoms with Crippen LogP contribution in [0.15, 0.2) is 36.5 Å². The van der Waals surface area contributed by atoms with Gasteiger partial charge in [-0.3, -0.25) is 4.79 Å². The third-order valence-corrected chi connectivity index (χ3v) is 2.75. The number of hydrogen-bond donors (Lipinski definition) is 2. The van der Waals surface area contributed by atoms with Crippen LogP contribution in [0.2, 0.25) is 0 Å². The molecule has 2 N–H and O–H groups in total. The summed E-state index contributed by atoms with van der Waals surface area (Å²) in [6.07, 6.45) is 1.46. The Morgan fingerprint density at radius 2 is 2.10 bits per heavy atom. The van der Waals surface area contributed by atoms with Crippen molar-refractivity contribution >= 4 is 17.4 Å². The lowest BCUT2D eigenvalue weighted by molar-refractivity contribution is 0.102. The second-order valence-corrected chi connectivity index (χ2v) is 4.40. The quantitative estimate of drug-likeness (QED) is 0.899. The predicted octanol–water partition coefficient (Wildman–Crippen LogP) is 3.21. The van der Waals surface area contributed by atoms with Crippen molar-refractivity contribution in [3.05, 3.63) is 53.5 Å². The van der Waals surface area contributed by atoms with Gasteiger partial charge in [0.05, 0.1) is 11.3 Å². The lowest BCUT2D eigenvalue weighted by Gasteiger charge is -2.08. The summed E-state index contributed by atoms with van der Waals surface area (Å²) in [5.74, 6) is -0.142. The van der Waals surface area contributed by atoms with Crippen molar-refractivity contribution in [1.82, 2.24) is 4.98 Å². The van der Waals surface area contributed by atoms with Crippen LogP contribution in [0.4, 0.5) is 15.9 Å². The van der Waals surface area contributed by atoms with Gasteiger partial charge in [0.2, 0.25) is 0 Å². The van der Waals surface area contributed by atoms with E-state index in [0.717, 1.165) is 12.1 Å². The average Bonchev–Trinajstić information content (AvgIpc) is 2.44. The smallest absolute Gasteiger partial charge is 0.257 e. The molecule has 20 heavy (non-hydrogen) atoms. The van der Waals surface area contributed by atoms with E-state index in [1.54, 1.807) is 24.3 Å². The van der Waals surface area contributed by atoms with E-state index in [1.807, 2.05) is 13.8 Å². The molecule has 1 aromatic heterocycles. The van der Waals surface area contributed by atoms with Crippen molar-refractivity contribution in [3.63, 3.8) is 0 Å². The lowest BCUT2D eigenvalue weighted by atomic mass is 10.2. The number of halogens is 1. The van der Waals surface area contributed by atoms with Crippen LogP contribution in [0.1, 0.15) is 22.8 Å². The Labute approximate surface area is 117 Å². The fourth-order valence-electron chi connectivity index (χ4n) is 1.74. The Balaban J connectivity index is 2.13. The molecular weight excluding hydrogens is 257 g/mol. The second-order valence-electron chi connectivity index (χ2n) is 4.40. The molecule has 0 unspecified atom stereocenters. The zero-order chi connectivity index (χ0) is 14.5. The Kier molecular flexibility index (Phi) is 4.30. The van der Waals surface area contributed by atoms with Crippen LogP contribution in [0.5, 0.6) is 0 Å². The summed E-state index contributed by atoms with van der Waals surface area (Å²) in [5.41, 5.74) is 1.43. The molecule has 4 nitrogen and oxygen atoms in total. The molecular formula is C15H16FN3O. The molecule has 0 radical (unpaired) electrons. The summed E-state index contributed by atoms with van der Waals surface area (Å²) in [6.45, 7) is 4.55. The highest BCUT2D eigenvalue weighted by Crippen LogP contribution is 2.17. The first kappa shape index (κ1) is 14.0. The van der Waals surface area contributed by atoms with Crippen LogP contribution in [0.25, 0.3) is 0 Å². The molecule has 0 saturated heterocycles. The Hall–Kier alpha value is -2.43. The molecule has 0 spiro atoms. The highest BCUT2D eigenvalue weighted by Gasteiger charge is 2.10. The molecule has 2 aromatic rings. The topological polar surface area (TPSA) is 54.0 Å². The van der Waals surface area contributed by atoms with Gasteiger partial charge >= 0.3 is 0 Å². The number of nitrogens with one attached hydrogen (secondary N) is 2. The van der Waals surface area contributed by atoms with Crippen molar-refractivity contribution < 1.29 is 9.18 Å². The molecule has 1 aromatic carbocycles. The summed E-state index contributed by atoms with van der Waals surface area (Å²) in [6, 6.07) is 7.93. The molecule has 0 atom stereocenters. The highest BCUT2D eigenvalue weighted by atomic mass is 19.1. The van der Waals surface area contributed by atoms with Crippen LogP contribution in [-0.4, -0.2) is 17.4 Å². The number of hydrogen-bond acceptors (Lipinski definition) is 3. The third kappa shape index (κ3) is 3.32. The molecule has 1 heterocycles. The molecule has 0 fully saturated rings. The van der Waals surface area contributed by atoms with Crippen LogP contribution >= 0.6 is 0 Å². The van der Waals surface area contributed by atoms with Crippen LogP contribution in [0, 0.1) is 12.7 Å². The molecule has 5 heteroatoms. The largest absolute Gasteiger partial charge is 0.370 e. The SMILES string of the molecule is CCNc1ccc(C(=O)Nc2cc(C)ccc2F)cn1. The Morgan fingerprint density at radius 1 is 1.30 bits per heavy atom. The highest BCUT2D eigenvalue weighted by molar-refractivity contribution is 6.04. The minimum atomic E-state index is -0.457. The lowest BCUT2D eigenvalue weighted by Crippen LogP contribution is -2.13. The number of amides is 1. The summed E-state index contributed by atoms with van der Waals surface area (Å²) in [5, 5.41) is 5.58. The van der Waals surface area contributed by atoms with E-state index in [-0.39, 0.29) is 11.6 Å². The van der Waals surface area contributed by atoms with Crippen molar-refractivity contribution in [2.75, 3.05) is 17.2 Å². The van der Waals surface area contributed by atoms with Gasteiger partial charge in [-0.25, -0.2) is 9.37 Å². The molecule has 2 rings (SSSR count). The van der Waals surface area contributed by atoms with Gasteiger partial charge in [0.1, 0.15) is 11.6 Å². The Morgan fingerprint density at radius 3 is 2.75 bits per heavy atom.